The standard InChI is InChI=1S/C15H20O4/c1-17-14-12(15(16)7-8-15)3-2-4-13(14)19-11-5-9-18-10-6-11/h2-4,11,16H,5-10H2,1H3. The molecule has 1 aromatic rings. The monoisotopic (exact) mass is 264 g/mol. The predicted octanol–water partition coefficient (Wildman–Crippen LogP) is 2.23. The lowest BCUT2D eigenvalue weighted by Crippen LogP contribution is -2.26. The fraction of sp³-hybridized carbons (Fsp3) is 0.600. The van der Waals surface area contributed by atoms with E-state index < -0.39 is 5.60 Å². The van der Waals surface area contributed by atoms with Gasteiger partial charge in [0.05, 0.1) is 25.9 Å². The number of para-hydroxylation sites is 1. The second kappa shape index (κ2) is 5.02. The van der Waals surface area contributed by atoms with E-state index in [0.717, 1.165) is 50.2 Å². The second-order valence-corrected chi connectivity index (χ2v) is 5.30. The Balaban J connectivity index is 1.83. The Hall–Kier alpha value is -1.26. The molecule has 2 fully saturated rings. The van der Waals surface area contributed by atoms with E-state index in [4.69, 9.17) is 14.2 Å². The number of rotatable bonds is 4. The average molecular weight is 264 g/mol. The summed E-state index contributed by atoms with van der Waals surface area (Å²) in [6, 6.07) is 5.75. The summed E-state index contributed by atoms with van der Waals surface area (Å²) in [5.41, 5.74) is 0.139. The SMILES string of the molecule is COc1c(OC2CCOCC2)cccc1C1(O)CC1. The second-order valence-electron chi connectivity index (χ2n) is 5.30. The third-order valence-corrected chi connectivity index (χ3v) is 3.87. The van der Waals surface area contributed by atoms with Crippen LogP contribution in [0.25, 0.3) is 0 Å². The first-order valence-electron chi connectivity index (χ1n) is 6.87. The van der Waals surface area contributed by atoms with Gasteiger partial charge in [-0.25, -0.2) is 0 Å². The molecule has 3 rings (SSSR count). The van der Waals surface area contributed by atoms with Crippen LogP contribution in [0.2, 0.25) is 0 Å². The highest BCUT2D eigenvalue weighted by Gasteiger charge is 2.45. The molecule has 104 valence electrons. The minimum absolute atomic E-state index is 0.173. The molecule has 1 aliphatic carbocycles. The lowest BCUT2D eigenvalue weighted by Gasteiger charge is -2.25. The van der Waals surface area contributed by atoms with Gasteiger partial charge in [0.1, 0.15) is 6.10 Å². The fourth-order valence-corrected chi connectivity index (χ4v) is 2.55. The van der Waals surface area contributed by atoms with Crippen molar-refractivity contribution in [1.29, 1.82) is 0 Å². The van der Waals surface area contributed by atoms with E-state index in [-0.39, 0.29) is 6.10 Å². The zero-order valence-electron chi connectivity index (χ0n) is 11.2. The Morgan fingerprint density at radius 1 is 1.26 bits per heavy atom. The van der Waals surface area contributed by atoms with Crippen molar-refractivity contribution in [1.82, 2.24) is 0 Å². The first kappa shape index (κ1) is 12.8. The van der Waals surface area contributed by atoms with E-state index >= 15 is 0 Å². The Morgan fingerprint density at radius 2 is 2.00 bits per heavy atom. The van der Waals surface area contributed by atoms with E-state index in [1.165, 1.54) is 0 Å². The van der Waals surface area contributed by atoms with Crippen LogP contribution in [0.15, 0.2) is 18.2 Å². The van der Waals surface area contributed by atoms with Crippen LogP contribution in [0.1, 0.15) is 31.2 Å². The van der Waals surface area contributed by atoms with E-state index in [2.05, 4.69) is 0 Å². The van der Waals surface area contributed by atoms with Crippen molar-refractivity contribution in [2.24, 2.45) is 0 Å². The van der Waals surface area contributed by atoms with Crippen LogP contribution in [-0.4, -0.2) is 31.5 Å². The summed E-state index contributed by atoms with van der Waals surface area (Å²) < 4.78 is 16.8. The van der Waals surface area contributed by atoms with E-state index in [9.17, 15) is 5.11 Å². The van der Waals surface area contributed by atoms with Crippen molar-refractivity contribution < 1.29 is 19.3 Å². The van der Waals surface area contributed by atoms with Crippen molar-refractivity contribution in [2.45, 2.75) is 37.4 Å². The lowest BCUT2D eigenvalue weighted by atomic mass is 10.1. The molecular weight excluding hydrogens is 244 g/mol. The smallest absolute Gasteiger partial charge is 0.166 e. The molecule has 0 aromatic heterocycles. The zero-order chi connectivity index (χ0) is 13.3. The molecule has 0 spiro atoms. The van der Waals surface area contributed by atoms with Crippen molar-refractivity contribution in [3.63, 3.8) is 0 Å². The summed E-state index contributed by atoms with van der Waals surface area (Å²) in [5.74, 6) is 1.40. The Kier molecular flexibility index (Phi) is 3.37. The number of aliphatic hydroxyl groups is 1. The molecule has 0 atom stereocenters. The van der Waals surface area contributed by atoms with Crippen molar-refractivity contribution in [2.75, 3.05) is 20.3 Å². The number of hydrogen-bond donors (Lipinski definition) is 1. The van der Waals surface area contributed by atoms with Crippen LogP contribution >= 0.6 is 0 Å². The molecule has 1 saturated heterocycles. The molecule has 0 radical (unpaired) electrons. The van der Waals surface area contributed by atoms with Gasteiger partial charge < -0.3 is 19.3 Å². The van der Waals surface area contributed by atoms with Gasteiger partial charge in [0.15, 0.2) is 11.5 Å². The molecule has 1 saturated carbocycles. The summed E-state index contributed by atoms with van der Waals surface area (Å²) in [6.07, 6.45) is 3.57. The average Bonchev–Trinajstić information content (AvgIpc) is 3.19. The highest BCUT2D eigenvalue weighted by atomic mass is 16.5. The molecule has 1 aliphatic heterocycles. The molecule has 4 nitrogen and oxygen atoms in total. The molecule has 0 bridgehead atoms. The van der Waals surface area contributed by atoms with Crippen molar-refractivity contribution >= 4 is 0 Å². The highest BCUT2D eigenvalue weighted by molar-refractivity contribution is 5.51. The molecule has 1 heterocycles. The van der Waals surface area contributed by atoms with Crippen molar-refractivity contribution in [3.05, 3.63) is 23.8 Å². The number of ether oxygens (including phenoxy) is 3. The van der Waals surface area contributed by atoms with Gasteiger partial charge >= 0.3 is 0 Å². The summed E-state index contributed by atoms with van der Waals surface area (Å²) in [5, 5.41) is 10.3. The summed E-state index contributed by atoms with van der Waals surface area (Å²) in [6.45, 7) is 1.49. The molecule has 2 aliphatic rings. The first-order chi connectivity index (χ1) is 9.23. The van der Waals surface area contributed by atoms with Gasteiger partial charge in [0.25, 0.3) is 0 Å². The Bertz CT molecular complexity index is 447. The van der Waals surface area contributed by atoms with Gasteiger partial charge in [0, 0.05) is 18.4 Å². The lowest BCUT2D eigenvalue weighted by molar-refractivity contribution is 0.0242. The third kappa shape index (κ3) is 2.55. The predicted molar refractivity (Wildman–Crippen MR) is 70.6 cm³/mol. The molecule has 1 aromatic carbocycles. The number of benzene rings is 1. The maximum absolute atomic E-state index is 10.3. The summed E-state index contributed by atoms with van der Waals surface area (Å²) in [7, 11) is 1.63. The topological polar surface area (TPSA) is 47.9 Å². The summed E-state index contributed by atoms with van der Waals surface area (Å²) in [4.78, 5) is 0. The molecular formula is C15H20O4. The maximum atomic E-state index is 10.3. The van der Waals surface area contributed by atoms with Gasteiger partial charge in [-0.05, 0) is 18.9 Å². The van der Waals surface area contributed by atoms with Crippen molar-refractivity contribution in [3.8, 4) is 11.5 Å². The van der Waals surface area contributed by atoms with Gasteiger partial charge in [-0.15, -0.1) is 0 Å². The Morgan fingerprint density at radius 3 is 2.63 bits per heavy atom. The van der Waals surface area contributed by atoms with Crippen LogP contribution < -0.4 is 9.47 Å². The van der Waals surface area contributed by atoms with Gasteiger partial charge in [-0.1, -0.05) is 12.1 Å². The normalized spacial score (nSPS) is 22.0. The van der Waals surface area contributed by atoms with Crippen LogP contribution in [0.5, 0.6) is 11.5 Å². The summed E-state index contributed by atoms with van der Waals surface area (Å²) >= 11 is 0. The first-order valence-corrected chi connectivity index (χ1v) is 6.87. The molecule has 0 amide bonds. The largest absolute Gasteiger partial charge is 0.492 e. The molecule has 0 unspecified atom stereocenters. The molecule has 1 N–H and O–H groups in total. The highest BCUT2D eigenvalue weighted by Crippen LogP contribution is 2.51. The van der Waals surface area contributed by atoms with Gasteiger partial charge in [0.2, 0.25) is 0 Å². The van der Waals surface area contributed by atoms with Crippen LogP contribution in [0.3, 0.4) is 0 Å². The number of methoxy groups -OCH3 is 1. The van der Waals surface area contributed by atoms with Crippen LogP contribution in [0, 0.1) is 0 Å². The number of hydrogen-bond acceptors (Lipinski definition) is 4. The van der Waals surface area contributed by atoms with E-state index in [0.29, 0.717) is 5.75 Å². The minimum Gasteiger partial charge on any atom is -0.492 e. The van der Waals surface area contributed by atoms with Gasteiger partial charge in [-0.2, -0.15) is 0 Å². The fourth-order valence-electron chi connectivity index (χ4n) is 2.55. The minimum atomic E-state index is -0.708. The maximum Gasteiger partial charge on any atom is 0.166 e. The molecule has 4 heteroatoms. The third-order valence-electron chi connectivity index (χ3n) is 3.87. The van der Waals surface area contributed by atoms with E-state index in [1.807, 2.05) is 18.2 Å². The van der Waals surface area contributed by atoms with Crippen LogP contribution in [0.4, 0.5) is 0 Å². The van der Waals surface area contributed by atoms with Gasteiger partial charge in [-0.3, -0.25) is 0 Å². The van der Waals surface area contributed by atoms with E-state index in [1.54, 1.807) is 7.11 Å². The quantitative estimate of drug-likeness (QED) is 0.906. The molecule has 19 heavy (non-hydrogen) atoms. The van der Waals surface area contributed by atoms with Crippen LogP contribution in [-0.2, 0) is 10.3 Å². The Labute approximate surface area is 113 Å². The zero-order valence-corrected chi connectivity index (χ0v) is 11.2.